The second-order valence-corrected chi connectivity index (χ2v) is 6.49. The molecule has 20 heavy (non-hydrogen) atoms. The highest BCUT2D eigenvalue weighted by Crippen LogP contribution is 2.19. The predicted molar refractivity (Wildman–Crippen MR) is 82.3 cm³/mol. The summed E-state index contributed by atoms with van der Waals surface area (Å²) in [7, 11) is -3.48. The van der Waals surface area contributed by atoms with Gasteiger partial charge in [0.15, 0.2) is 0 Å². The van der Waals surface area contributed by atoms with Gasteiger partial charge in [-0.2, -0.15) is 0 Å². The van der Waals surface area contributed by atoms with Gasteiger partial charge in [0.1, 0.15) is 4.90 Å². The molecule has 0 atom stereocenters. The molecule has 1 heterocycles. The van der Waals surface area contributed by atoms with Crippen LogP contribution < -0.4 is 10.0 Å². The number of hydrogen-bond donors (Lipinski definition) is 2. The molecular weight excluding hydrogens is 274 g/mol. The zero-order valence-corrected chi connectivity index (χ0v) is 13.2. The zero-order chi connectivity index (χ0) is 14.8. The van der Waals surface area contributed by atoms with Gasteiger partial charge in [0.05, 0.1) is 5.69 Å². The summed E-state index contributed by atoms with van der Waals surface area (Å²) in [6.45, 7) is 5.38. The molecule has 1 aromatic rings. The Hall–Kier alpha value is -1.14. The van der Waals surface area contributed by atoms with Crippen LogP contribution in [0, 0.1) is 0 Å². The van der Waals surface area contributed by atoms with E-state index in [-0.39, 0.29) is 4.90 Å². The highest BCUT2D eigenvalue weighted by molar-refractivity contribution is 7.89. The molecule has 0 aliphatic rings. The van der Waals surface area contributed by atoms with Gasteiger partial charge in [-0.3, -0.25) is 4.98 Å². The van der Waals surface area contributed by atoms with Crippen LogP contribution in [0.25, 0.3) is 0 Å². The Morgan fingerprint density at radius 1 is 1.10 bits per heavy atom. The van der Waals surface area contributed by atoms with E-state index in [0.29, 0.717) is 12.2 Å². The first-order chi connectivity index (χ1) is 9.61. The number of rotatable bonds is 10. The lowest BCUT2D eigenvalue weighted by atomic mass is 10.2. The van der Waals surface area contributed by atoms with Crippen molar-refractivity contribution in [1.82, 2.24) is 9.71 Å². The summed E-state index contributed by atoms with van der Waals surface area (Å²) >= 11 is 0. The summed E-state index contributed by atoms with van der Waals surface area (Å²) in [5.41, 5.74) is 0.614. The van der Waals surface area contributed by atoms with Gasteiger partial charge in [-0.05, 0) is 18.9 Å². The average Bonchev–Trinajstić information content (AvgIpc) is 2.45. The average molecular weight is 299 g/mol. The number of nitrogens with one attached hydrogen (secondary N) is 2. The van der Waals surface area contributed by atoms with Gasteiger partial charge in [-0.25, -0.2) is 13.1 Å². The first kappa shape index (κ1) is 16.9. The van der Waals surface area contributed by atoms with Crippen molar-refractivity contribution in [3.05, 3.63) is 18.5 Å². The second kappa shape index (κ2) is 8.92. The summed E-state index contributed by atoms with van der Waals surface area (Å²) in [4.78, 5) is 4.14. The SMILES string of the molecule is CCCCCCNS(=O)(=O)c1cnccc1NCCC. The molecule has 0 aromatic carbocycles. The number of nitrogens with zero attached hydrogens (tertiary/aromatic N) is 1. The smallest absolute Gasteiger partial charge is 0.244 e. The maximum absolute atomic E-state index is 12.3. The largest absolute Gasteiger partial charge is 0.384 e. The minimum absolute atomic E-state index is 0.226. The fraction of sp³-hybridized carbons (Fsp3) is 0.643. The molecule has 6 heteroatoms. The van der Waals surface area contributed by atoms with E-state index in [1.807, 2.05) is 6.92 Å². The molecule has 0 saturated carbocycles. The van der Waals surface area contributed by atoms with E-state index < -0.39 is 10.0 Å². The first-order valence-corrected chi connectivity index (χ1v) is 8.77. The van der Waals surface area contributed by atoms with E-state index in [1.54, 1.807) is 12.3 Å². The van der Waals surface area contributed by atoms with E-state index in [9.17, 15) is 8.42 Å². The standard InChI is InChI=1S/C14H25N3O2S/c1-3-5-6-7-10-17-20(18,19)14-12-15-11-8-13(14)16-9-4-2/h8,11-12,17H,3-7,9-10H2,1-2H3,(H,15,16). The molecule has 0 bridgehead atoms. The van der Waals surface area contributed by atoms with Crippen molar-refractivity contribution in [2.24, 2.45) is 0 Å². The third-order valence-corrected chi connectivity index (χ3v) is 4.45. The van der Waals surface area contributed by atoms with Crippen LogP contribution >= 0.6 is 0 Å². The van der Waals surface area contributed by atoms with Gasteiger partial charge in [-0.15, -0.1) is 0 Å². The van der Waals surface area contributed by atoms with Crippen molar-refractivity contribution in [2.45, 2.75) is 50.8 Å². The number of aromatic nitrogens is 1. The Labute approximate surface area is 122 Å². The fourth-order valence-corrected chi connectivity index (χ4v) is 3.03. The molecule has 0 fully saturated rings. The van der Waals surface area contributed by atoms with Crippen molar-refractivity contribution in [3.63, 3.8) is 0 Å². The highest BCUT2D eigenvalue weighted by Gasteiger charge is 2.17. The van der Waals surface area contributed by atoms with Crippen LogP contribution in [0.1, 0.15) is 46.0 Å². The minimum Gasteiger partial charge on any atom is -0.384 e. The Morgan fingerprint density at radius 3 is 2.60 bits per heavy atom. The molecule has 2 N–H and O–H groups in total. The maximum atomic E-state index is 12.3. The molecular formula is C14H25N3O2S. The van der Waals surface area contributed by atoms with Crippen LogP contribution in [-0.2, 0) is 10.0 Å². The highest BCUT2D eigenvalue weighted by atomic mass is 32.2. The summed E-state index contributed by atoms with van der Waals surface area (Å²) in [6.07, 6.45) is 8.12. The maximum Gasteiger partial charge on any atom is 0.244 e. The number of unbranched alkanes of at least 4 members (excludes halogenated alkanes) is 3. The molecule has 0 saturated heterocycles. The van der Waals surface area contributed by atoms with Crippen LogP contribution in [0.5, 0.6) is 0 Å². The lowest BCUT2D eigenvalue weighted by molar-refractivity contribution is 0.573. The van der Waals surface area contributed by atoms with Crippen LogP contribution in [0.4, 0.5) is 5.69 Å². The minimum atomic E-state index is -3.48. The summed E-state index contributed by atoms with van der Waals surface area (Å²) in [6, 6.07) is 1.70. The van der Waals surface area contributed by atoms with E-state index in [1.165, 1.54) is 6.20 Å². The van der Waals surface area contributed by atoms with Crippen LogP contribution in [0.15, 0.2) is 23.4 Å². The lowest BCUT2D eigenvalue weighted by Crippen LogP contribution is -2.26. The van der Waals surface area contributed by atoms with E-state index in [0.717, 1.165) is 38.6 Å². The molecule has 0 aliphatic heterocycles. The Kier molecular flexibility index (Phi) is 7.54. The quantitative estimate of drug-likeness (QED) is 0.652. The van der Waals surface area contributed by atoms with E-state index in [4.69, 9.17) is 0 Å². The molecule has 114 valence electrons. The Bertz CT molecular complexity index is 489. The van der Waals surface area contributed by atoms with Crippen LogP contribution in [0.2, 0.25) is 0 Å². The summed E-state index contributed by atoms with van der Waals surface area (Å²) < 4.78 is 27.2. The van der Waals surface area contributed by atoms with E-state index >= 15 is 0 Å². The molecule has 1 aromatic heterocycles. The van der Waals surface area contributed by atoms with Crippen LogP contribution in [0.3, 0.4) is 0 Å². The van der Waals surface area contributed by atoms with Gasteiger partial charge >= 0.3 is 0 Å². The number of anilines is 1. The van der Waals surface area contributed by atoms with Crippen molar-refractivity contribution >= 4 is 15.7 Å². The van der Waals surface area contributed by atoms with Crippen molar-refractivity contribution in [2.75, 3.05) is 18.4 Å². The Balaban J connectivity index is 2.66. The molecule has 0 unspecified atom stereocenters. The van der Waals surface area contributed by atoms with Crippen LogP contribution in [-0.4, -0.2) is 26.5 Å². The molecule has 0 amide bonds. The third kappa shape index (κ3) is 5.46. The van der Waals surface area contributed by atoms with Crippen molar-refractivity contribution in [3.8, 4) is 0 Å². The number of sulfonamides is 1. The molecule has 0 aliphatic carbocycles. The molecule has 0 spiro atoms. The van der Waals surface area contributed by atoms with Crippen molar-refractivity contribution < 1.29 is 8.42 Å². The number of pyridine rings is 1. The molecule has 1 rings (SSSR count). The molecule has 0 radical (unpaired) electrons. The monoisotopic (exact) mass is 299 g/mol. The fourth-order valence-electron chi connectivity index (χ4n) is 1.84. The van der Waals surface area contributed by atoms with Gasteiger partial charge in [0.25, 0.3) is 0 Å². The topological polar surface area (TPSA) is 71.1 Å². The summed E-state index contributed by atoms with van der Waals surface area (Å²) in [5.74, 6) is 0. The molecule has 5 nitrogen and oxygen atoms in total. The van der Waals surface area contributed by atoms with Gasteiger partial charge < -0.3 is 5.32 Å². The first-order valence-electron chi connectivity index (χ1n) is 7.29. The normalized spacial score (nSPS) is 11.5. The van der Waals surface area contributed by atoms with Gasteiger partial charge in [0, 0.05) is 25.5 Å². The Morgan fingerprint density at radius 2 is 1.90 bits per heavy atom. The van der Waals surface area contributed by atoms with E-state index in [2.05, 4.69) is 21.9 Å². The number of hydrogen-bond acceptors (Lipinski definition) is 4. The zero-order valence-electron chi connectivity index (χ0n) is 12.4. The summed E-state index contributed by atoms with van der Waals surface area (Å²) in [5, 5.41) is 3.12. The lowest BCUT2D eigenvalue weighted by Gasteiger charge is -2.12. The van der Waals surface area contributed by atoms with Crippen molar-refractivity contribution in [1.29, 1.82) is 0 Å². The van der Waals surface area contributed by atoms with Gasteiger partial charge in [0.2, 0.25) is 10.0 Å². The predicted octanol–water partition coefficient (Wildman–Crippen LogP) is 2.76. The second-order valence-electron chi connectivity index (χ2n) is 4.76. The third-order valence-electron chi connectivity index (χ3n) is 2.96. The van der Waals surface area contributed by atoms with Gasteiger partial charge in [-0.1, -0.05) is 33.1 Å².